The van der Waals surface area contributed by atoms with Crippen LogP contribution in [0.5, 0.6) is 0 Å². The summed E-state index contributed by atoms with van der Waals surface area (Å²) in [5.74, 6) is -1.67. The molecule has 0 saturated heterocycles. The minimum absolute atomic E-state index is 0.00378. The van der Waals surface area contributed by atoms with Crippen molar-refractivity contribution in [1.82, 2.24) is 4.57 Å². The average Bonchev–Trinajstić information content (AvgIpc) is 2.16. The molecule has 1 amide bonds. The molecule has 16 heavy (non-hydrogen) atoms. The Morgan fingerprint density at radius 3 is 2.62 bits per heavy atom. The number of rotatable bonds is 4. The van der Waals surface area contributed by atoms with E-state index in [2.05, 4.69) is 0 Å². The summed E-state index contributed by atoms with van der Waals surface area (Å²) in [6, 6.07) is 1.92. The van der Waals surface area contributed by atoms with Gasteiger partial charge in [0.25, 0.3) is 5.56 Å². The maximum Gasteiger partial charge on any atom is 0.337 e. The topological polar surface area (TPSA) is 102 Å². The normalized spacial score (nSPS) is 12.1. The Balaban J connectivity index is 3.11. The Morgan fingerprint density at radius 2 is 2.12 bits per heavy atom. The van der Waals surface area contributed by atoms with Crippen LogP contribution in [0.4, 0.5) is 0 Å². The van der Waals surface area contributed by atoms with Gasteiger partial charge in [0.05, 0.1) is 5.56 Å². The molecule has 0 bridgehead atoms. The fraction of sp³-hybridized carbons (Fsp3) is 0.300. The summed E-state index contributed by atoms with van der Waals surface area (Å²) >= 11 is 0. The highest BCUT2D eigenvalue weighted by molar-refractivity contribution is 5.87. The van der Waals surface area contributed by atoms with Crippen LogP contribution in [-0.4, -0.2) is 21.6 Å². The monoisotopic (exact) mass is 224 g/mol. The van der Waals surface area contributed by atoms with Gasteiger partial charge in [-0.1, -0.05) is 0 Å². The fourth-order valence-electron chi connectivity index (χ4n) is 1.36. The molecule has 0 radical (unpaired) electrons. The van der Waals surface area contributed by atoms with E-state index in [1.807, 2.05) is 0 Å². The third-order valence-electron chi connectivity index (χ3n) is 2.16. The van der Waals surface area contributed by atoms with Crippen molar-refractivity contribution in [3.05, 3.63) is 34.2 Å². The highest BCUT2D eigenvalue weighted by Crippen LogP contribution is 2.08. The van der Waals surface area contributed by atoms with Crippen molar-refractivity contribution in [1.29, 1.82) is 0 Å². The van der Waals surface area contributed by atoms with E-state index in [4.69, 9.17) is 10.8 Å². The highest BCUT2D eigenvalue weighted by atomic mass is 16.4. The number of nitrogens with two attached hydrogens (primary N) is 1. The van der Waals surface area contributed by atoms with Crippen molar-refractivity contribution < 1.29 is 14.7 Å². The number of pyridine rings is 1. The van der Waals surface area contributed by atoms with E-state index < -0.39 is 17.9 Å². The number of carboxylic acids is 1. The standard InChI is InChI=1S/C10H12N2O4/c1-6(4-8(11)13)12-5-7(10(15)16)2-3-9(12)14/h2-3,5-6H,4H2,1H3,(H2,11,13)(H,15,16). The zero-order valence-electron chi connectivity index (χ0n) is 8.71. The molecule has 6 heteroatoms. The molecular formula is C10H12N2O4. The molecule has 1 aromatic rings. The lowest BCUT2D eigenvalue weighted by Crippen LogP contribution is -2.26. The number of amides is 1. The van der Waals surface area contributed by atoms with E-state index in [0.29, 0.717) is 0 Å². The summed E-state index contributed by atoms with van der Waals surface area (Å²) in [4.78, 5) is 32.8. The van der Waals surface area contributed by atoms with Crippen molar-refractivity contribution in [2.24, 2.45) is 5.73 Å². The molecule has 0 aliphatic carbocycles. The van der Waals surface area contributed by atoms with Crippen molar-refractivity contribution >= 4 is 11.9 Å². The number of aromatic nitrogens is 1. The van der Waals surface area contributed by atoms with Gasteiger partial charge in [0, 0.05) is 24.7 Å². The van der Waals surface area contributed by atoms with Crippen LogP contribution in [0, 0.1) is 0 Å². The molecule has 0 saturated carbocycles. The SMILES string of the molecule is CC(CC(N)=O)n1cc(C(=O)O)ccc1=O. The third kappa shape index (κ3) is 2.69. The van der Waals surface area contributed by atoms with Crippen molar-refractivity contribution in [3.8, 4) is 0 Å². The second-order valence-corrected chi connectivity index (χ2v) is 3.49. The summed E-state index contributed by atoms with van der Waals surface area (Å²) in [5.41, 5.74) is 4.64. The van der Waals surface area contributed by atoms with Gasteiger partial charge in [-0.3, -0.25) is 9.59 Å². The molecule has 0 aliphatic heterocycles. The molecule has 1 rings (SSSR count). The van der Waals surface area contributed by atoms with Gasteiger partial charge in [-0.25, -0.2) is 4.79 Å². The molecule has 0 spiro atoms. The Kier molecular flexibility index (Phi) is 3.44. The second kappa shape index (κ2) is 4.61. The first-order valence-electron chi connectivity index (χ1n) is 4.65. The predicted octanol–water partition coefficient (Wildman–Crippen LogP) is -0.0171. The number of aromatic carboxylic acids is 1. The van der Waals surface area contributed by atoms with Gasteiger partial charge in [-0.15, -0.1) is 0 Å². The van der Waals surface area contributed by atoms with E-state index in [-0.39, 0.29) is 17.5 Å². The van der Waals surface area contributed by atoms with Gasteiger partial charge < -0.3 is 15.4 Å². The van der Waals surface area contributed by atoms with Crippen LogP contribution >= 0.6 is 0 Å². The van der Waals surface area contributed by atoms with Crippen LogP contribution in [0.3, 0.4) is 0 Å². The smallest absolute Gasteiger partial charge is 0.337 e. The number of carbonyl (C=O) groups is 2. The lowest BCUT2D eigenvalue weighted by atomic mass is 10.2. The summed E-state index contributed by atoms with van der Waals surface area (Å²) in [5, 5.41) is 8.76. The van der Waals surface area contributed by atoms with Crippen molar-refractivity contribution in [3.63, 3.8) is 0 Å². The zero-order valence-corrected chi connectivity index (χ0v) is 8.71. The Morgan fingerprint density at radius 1 is 1.50 bits per heavy atom. The van der Waals surface area contributed by atoms with E-state index in [9.17, 15) is 14.4 Å². The number of carbonyl (C=O) groups excluding carboxylic acids is 1. The molecule has 6 nitrogen and oxygen atoms in total. The third-order valence-corrected chi connectivity index (χ3v) is 2.16. The van der Waals surface area contributed by atoms with Gasteiger partial charge in [0.2, 0.25) is 5.91 Å². The summed E-state index contributed by atoms with van der Waals surface area (Å²) in [6.45, 7) is 1.62. The Bertz CT molecular complexity index is 478. The number of carboxylic acid groups (broad SMARTS) is 1. The van der Waals surface area contributed by atoms with Crippen LogP contribution in [0.15, 0.2) is 23.1 Å². The van der Waals surface area contributed by atoms with Crippen LogP contribution in [-0.2, 0) is 4.79 Å². The average molecular weight is 224 g/mol. The van der Waals surface area contributed by atoms with Gasteiger partial charge in [-0.2, -0.15) is 0 Å². The van der Waals surface area contributed by atoms with Crippen molar-refractivity contribution in [2.75, 3.05) is 0 Å². The van der Waals surface area contributed by atoms with Crippen LogP contribution in [0.2, 0.25) is 0 Å². The van der Waals surface area contributed by atoms with Gasteiger partial charge in [0.15, 0.2) is 0 Å². The Labute approximate surface area is 91.3 Å². The lowest BCUT2D eigenvalue weighted by Gasteiger charge is -2.13. The van der Waals surface area contributed by atoms with Crippen LogP contribution in [0.1, 0.15) is 29.7 Å². The van der Waals surface area contributed by atoms with E-state index in [1.54, 1.807) is 6.92 Å². The maximum atomic E-state index is 11.4. The number of primary amides is 1. The van der Waals surface area contributed by atoms with E-state index in [0.717, 1.165) is 6.07 Å². The van der Waals surface area contributed by atoms with Crippen molar-refractivity contribution in [2.45, 2.75) is 19.4 Å². The molecule has 1 unspecified atom stereocenters. The number of nitrogens with zero attached hydrogens (tertiary/aromatic N) is 1. The minimum atomic E-state index is -1.12. The van der Waals surface area contributed by atoms with Crippen LogP contribution < -0.4 is 11.3 Å². The molecule has 0 fully saturated rings. The van der Waals surface area contributed by atoms with Gasteiger partial charge in [-0.05, 0) is 13.0 Å². The Hall–Kier alpha value is -2.11. The molecule has 1 heterocycles. The first kappa shape index (κ1) is 12.0. The molecule has 86 valence electrons. The number of hydrogen-bond donors (Lipinski definition) is 2. The molecule has 1 atom stereocenters. The van der Waals surface area contributed by atoms with E-state index in [1.165, 1.54) is 16.8 Å². The highest BCUT2D eigenvalue weighted by Gasteiger charge is 2.12. The minimum Gasteiger partial charge on any atom is -0.478 e. The predicted molar refractivity (Wildman–Crippen MR) is 56.2 cm³/mol. The van der Waals surface area contributed by atoms with Gasteiger partial charge in [0.1, 0.15) is 0 Å². The number of hydrogen-bond acceptors (Lipinski definition) is 3. The fourth-order valence-corrected chi connectivity index (χ4v) is 1.36. The summed E-state index contributed by atoms with van der Waals surface area (Å²) in [7, 11) is 0. The largest absolute Gasteiger partial charge is 0.478 e. The summed E-state index contributed by atoms with van der Waals surface area (Å²) in [6.07, 6.45) is 1.20. The molecule has 0 aliphatic rings. The van der Waals surface area contributed by atoms with Gasteiger partial charge >= 0.3 is 5.97 Å². The van der Waals surface area contributed by atoms with Crippen LogP contribution in [0.25, 0.3) is 0 Å². The second-order valence-electron chi connectivity index (χ2n) is 3.49. The zero-order chi connectivity index (χ0) is 12.3. The molecule has 3 N–H and O–H groups in total. The first-order chi connectivity index (χ1) is 7.41. The first-order valence-corrected chi connectivity index (χ1v) is 4.65. The summed E-state index contributed by atoms with van der Waals surface area (Å²) < 4.78 is 1.19. The maximum absolute atomic E-state index is 11.4. The molecular weight excluding hydrogens is 212 g/mol. The van der Waals surface area contributed by atoms with E-state index >= 15 is 0 Å². The molecule has 0 aromatic carbocycles. The molecule has 1 aromatic heterocycles. The quantitative estimate of drug-likeness (QED) is 0.750. The lowest BCUT2D eigenvalue weighted by molar-refractivity contribution is -0.118.